The van der Waals surface area contributed by atoms with Crippen LogP contribution in [0, 0.1) is 0 Å². The van der Waals surface area contributed by atoms with Gasteiger partial charge in [0, 0.05) is 19.4 Å². The van der Waals surface area contributed by atoms with Gasteiger partial charge in [0.15, 0.2) is 0 Å². The number of hydrogen-bond donors (Lipinski definition) is 2. The maximum absolute atomic E-state index is 11.7. The molecule has 0 aliphatic heterocycles. The average molecular weight is 452 g/mol. The molecule has 0 fully saturated rings. The molecule has 5 nitrogen and oxygen atoms in total. The Bertz CT molecular complexity index is 502. The van der Waals surface area contributed by atoms with Crippen molar-refractivity contribution in [1.29, 1.82) is 0 Å². The molecule has 0 bridgehead atoms. The van der Waals surface area contributed by atoms with Gasteiger partial charge in [-0.2, -0.15) is 0 Å². The Hall–Kier alpha value is -1.65. The second kappa shape index (κ2) is 24.0. The van der Waals surface area contributed by atoms with Crippen LogP contribution >= 0.6 is 0 Å². The van der Waals surface area contributed by atoms with E-state index in [1.165, 1.54) is 89.9 Å². The number of Topliss-reactive ketones (excluding diaryl/α,β-unsaturated/α-hetero) is 1. The Balaban J connectivity index is 3.30. The fraction of sp³-hybridized carbons (Fsp3) is 0.815. The van der Waals surface area contributed by atoms with Gasteiger partial charge in [0.25, 0.3) is 5.91 Å². The normalized spacial score (nSPS) is 11.2. The molecule has 0 unspecified atom stereocenters. The quantitative estimate of drug-likeness (QED) is 0.0928. The van der Waals surface area contributed by atoms with Gasteiger partial charge >= 0.3 is 5.97 Å². The monoisotopic (exact) mass is 451 g/mol. The van der Waals surface area contributed by atoms with E-state index in [-0.39, 0.29) is 25.2 Å². The number of ketones is 1. The molecule has 5 heteroatoms. The van der Waals surface area contributed by atoms with Crippen LogP contribution < -0.4 is 5.32 Å². The summed E-state index contributed by atoms with van der Waals surface area (Å²) in [5.41, 5.74) is 0. The van der Waals surface area contributed by atoms with Crippen LogP contribution in [-0.4, -0.2) is 29.3 Å². The summed E-state index contributed by atoms with van der Waals surface area (Å²) in [6, 6.07) is 0. The predicted molar refractivity (Wildman–Crippen MR) is 133 cm³/mol. The zero-order valence-electron chi connectivity index (χ0n) is 20.7. The fourth-order valence-electron chi connectivity index (χ4n) is 3.72. The minimum atomic E-state index is -0.892. The summed E-state index contributed by atoms with van der Waals surface area (Å²) < 4.78 is 0. The van der Waals surface area contributed by atoms with Crippen molar-refractivity contribution in [3.05, 3.63) is 12.2 Å². The van der Waals surface area contributed by atoms with Gasteiger partial charge in [-0.15, -0.1) is 0 Å². The Labute approximate surface area is 196 Å². The second-order valence-corrected chi connectivity index (χ2v) is 8.92. The lowest BCUT2D eigenvalue weighted by atomic mass is 10.0. The molecule has 32 heavy (non-hydrogen) atoms. The lowest BCUT2D eigenvalue weighted by molar-refractivity contribution is -0.138. The molecule has 0 radical (unpaired) electrons. The molecule has 0 spiro atoms. The molecule has 0 aromatic carbocycles. The summed E-state index contributed by atoms with van der Waals surface area (Å²) in [7, 11) is 0. The summed E-state index contributed by atoms with van der Waals surface area (Å²) in [6.07, 6.45) is 26.6. The highest BCUT2D eigenvalue weighted by Gasteiger charge is 2.12. The molecule has 0 aliphatic rings. The summed E-state index contributed by atoms with van der Waals surface area (Å²) in [5.74, 6) is -1.86. The van der Waals surface area contributed by atoms with E-state index in [1.807, 2.05) is 0 Å². The number of hydrogen-bond acceptors (Lipinski definition) is 3. The van der Waals surface area contributed by atoms with Crippen molar-refractivity contribution in [2.24, 2.45) is 0 Å². The largest absolute Gasteiger partial charge is 0.481 e. The number of nitrogens with one attached hydrogen (secondary N) is 1. The Kier molecular flexibility index (Phi) is 22.8. The number of carboxylic acid groups (broad SMARTS) is 1. The summed E-state index contributed by atoms with van der Waals surface area (Å²) in [5, 5.41) is 11.0. The molecule has 0 aromatic heterocycles. The van der Waals surface area contributed by atoms with Crippen molar-refractivity contribution in [3.63, 3.8) is 0 Å². The van der Waals surface area contributed by atoms with Crippen LogP contribution in [0.15, 0.2) is 12.2 Å². The number of amides is 1. The Morgan fingerprint density at radius 1 is 0.625 bits per heavy atom. The topological polar surface area (TPSA) is 83.5 Å². The Morgan fingerprint density at radius 3 is 1.59 bits per heavy atom. The average Bonchev–Trinajstić information content (AvgIpc) is 2.77. The smallest absolute Gasteiger partial charge is 0.303 e. The first-order valence-corrected chi connectivity index (χ1v) is 13.3. The number of rotatable bonds is 24. The number of allylic oxidation sites excluding steroid dienone is 2. The minimum absolute atomic E-state index is 0.00479. The van der Waals surface area contributed by atoms with Crippen LogP contribution in [-0.2, 0) is 14.4 Å². The second-order valence-electron chi connectivity index (χ2n) is 8.92. The van der Waals surface area contributed by atoms with E-state index in [2.05, 4.69) is 24.4 Å². The first-order valence-electron chi connectivity index (χ1n) is 13.3. The zero-order chi connectivity index (χ0) is 23.7. The van der Waals surface area contributed by atoms with Crippen LogP contribution in [0.5, 0.6) is 0 Å². The van der Waals surface area contributed by atoms with Gasteiger partial charge in [0.05, 0.1) is 0 Å². The highest BCUT2D eigenvalue weighted by molar-refractivity contribution is 6.36. The third-order valence-electron chi connectivity index (χ3n) is 5.77. The van der Waals surface area contributed by atoms with E-state index in [4.69, 9.17) is 5.11 Å². The molecule has 0 aromatic rings. The molecule has 0 atom stereocenters. The van der Waals surface area contributed by atoms with E-state index in [0.29, 0.717) is 6.42 Å². The number of unbranched alkanes of at least 4 members (excludes halogenated alkanes) is 15. The van der Waals surface area contributed by atoms with E-state index in [1.54, 1.807) is 0 Å². The molecule has 0 aliphatic carbocycles. The molecule has 186 valence electrons. The Morgan fingerprint density at radius 2 is 1.09 bits per heavy atom. The van der Waals surface area contributed by atoms with Gasteiger partial charge in [0.1, 0.15) is 0 Å². The number of carbonyl (C=O) groups excluding carboxylic acids is 2. The van der Waals surface area contributed by atoms with Crippen LogP contribution in [0.25, 0.3) is 0 Å². The maximum Gasteiger partial charge on any atom is 0.303 e. The fourth-order valence-corrected chi connectivity index (χ4v) is 3.72. The third-order valence-corrected chi connectivity index (χ3v) is 5.77. The van der Waals surface area contributed by atoms with Crippen molar-refractivity contribution >= 4 is 17.7 Å². The van der Waals surface area contributed by atoms with Gasteiger partial charge in [0.2, 0.25) is 5.78 Å². The van der Waals surface area contributed by atoms with E-state index in [9.17, 15) is 14.4 Å². The maximum atomic E-state index is 11.7. The number of aliphatic carboxylic acids is 1. The highest BCUT2D eigenvalue weighted by Crippen LogP contribution is 2.12. The van der Waals surface area contributed by atoms with E-state index < -0.39 is 11.9 Å². The molecular formula is C27H49NO4. The molecule has 2 N–H and O–H groups in total. The van der Waals surface area contributed by atoms with Crippen molar-refractivity contribution in [2.45, 2.75) is 135 Å². The van der Waals surface area contributed by atoms with E-state index in [0.717, 1.165) is 19.3 Å². The summed E-state index contributed by atoms with van der Waals surface area (Å²) in [4.78, 5) is 33.7. The first-order chi connectivity index (χ1) is 15.6. The van der Waals surface area contributed by atoms with Gasteiger partial charge in [-0.05, 0) is 38.5 Å². The lowest BCUT2D eigenvalue weighted by Gasteiger charge is -2.04. The molecule has 0 saturated heterocycles. The predicted octanol–water partition coefficient (Wildman–Crippen LogP) is 7.13. The molecular weight excluding hydrogens is 402 g/mol. The minimum Gasteiger partial charge on any atom is -0.481 e. The van der Waals surface area contributed by atoms with Crippen LogP contribution in [0.1, 0.15) is 135 Å². The number of carboxylic acids is 1. The molecule has 0 rings (SSSR count). The zero-order valence-corrected chi connectivity index (χ0v) is 20.7. The van der Waals surface area contributed by atoms with Crippen molar-refractivity contribution in [3.8, 4) is 0 Å². The van der Waals surface area contributed by atoms with Gasteiger partial charge in [-0.3, -0.25) is 14.4 Å². The SMILES string of the molecule is CCCCCCCC/C=C\CCCCCCCCCCCC(=O)C(=O)NCCCC(=O)O. The van der Waals surface area contributed by atoms with Crippen LogP contribution in [0.2, 0.25) is 0 Å². The molecule has 1 amide bonds. The standard InChI is InChI=1S/C27H49NO4/c1-2-3-4-5-6-7-8-9-10-11-12-13-14-15-16-17-18-19-20-22-25(29)27(32)28-24-21-23-26(30)31/h9-10H,2-8,11-24H2,1H3,(H,28,32)(H,30,31)/b10-9-. The van der Waals surface area contributed by atoms with Gasteiger partial charge in [-0.25, -0.2) is 0 Å². The first kappa shape index (κ1) is 30.4. The van der Waals surface area contributed by atoms with Crippen molar-refractivity contribution < 1.29 is 19.5 Å². The van der Waals surface area contributed by atoms with Gasteiger partial charge in [-0.1, -0.05) is 96.1 Å². The van der Waals surface area contributed by atoms with E-state index >= 15 is 0 Å². The van der Waals surface area contributed by atoms with Crippen molar-refractivity contribution in [1.82, 2.24) is 5.32 Å². The molecule has 0 heterocycles. The summed E-state index contributed by atoms with van der Waals surface area (Å²) >= 11 is 0. The third kappa shape index (κ3) is 23.0. The highest BCUT2D eigenvalue weighted by atomic mass is 16.4. The summed E-state index contributed by atoms with van der Waals surface area (Å²) in [6.45, 7) is 2.50. The van der Waals surface area contributed by atoms with Crippen LogP contribution in [0.4, 0.5) is 0 Å². The molecule has 0 saturated carbocycles. The van der Waals surface area contributed by atoms with Crippen molar-refractivity contribution in [2.75, 3.05) is 6.54 Å². The number of carbonyl (C=O) groups is 3. The lowest BCUT2D eigenvalue weighted by Crippen LogP contribution is -2.31. The van der Waals surface area contributed by atoms with Crippen LogP contribution in [0.3, 0.4) is 0 Å². The van der Waals surface area contributed by atoms with Gasteiger partial charge < -0.3 is 10.4 Å².